The monoisotopic (exact) mass is 396 g/mol. The van der Waals surface area contributed by atoms with Crippen LogP contribution in [0.4, 0.5) is 0 Å². The van der Waals surface area contributed by atoms with Crippen molar-refractivity contribution in [2.75, 3.05) is 33.8 Å². The highest BCUT2D eigenvalue weighted by molar-refractivity contribution is 5.66. The molecule has 158 valence electrons. The molecule has 0 amide bonds. The Balaban J connectivity index is 1.71. The Morgan fingerprint density at radius 3 is 2.55 bits per heavy atom. The third-order valence-electron chi connectivity index (χ3n) is 5.78. The van der Waals surface area contributed by atoms with Crippen molar-refractivity contribution in [2.24, 2.45) is 10.4 Å². The second kappa shape index (κ2) is 9.27. The molecule has 2 heterocycles. The molecule has 0 aliphatic carbocycles. The summed E-state index contributed by atoms with van der Waals surface area (Å²) in [6.07, 6.45) is 6.95. The molecule has 2 aromatic rings. The zero-order chi connectivity index (χ0) is 20.9. The molecule has 29 heavy (non-hydrogen) atoms. The molecule has 1 saturated heterocycles. The molecule has 0 saturated carbocycles. The Kier molecular flexibility index (Phi) is 6.97. The zero-order valence-electron chi connectivity index (χ0n) is 18.6. The lowest BCUT2D eigenvalue weighted by molar-refractivity contribution is -0.0887. The minimum Gasteiger partial charge on any atom is -0.469 e. The Labute approximate surface area is 176 Å². The van der Waals surface area contributed by atoms with Crippen LogP contribution in [0.15, 0.2) is 52.1 Å². The van der Waals surface area contributed by atoms with Crippen LogP contribution in [0.25, 0.3) is 0 Å². The van der Waals surface area contributed by atoms with Crippen molar-refractivity contribution < 1.29 is 9.15 Å². The summed E-state index contributed by atoms with van der Waals surface area (Å²) in [4.78, 5) is 7.20. The summed E-state index contributed by atoms with van der Waals surface area (Å²) < 4.78 is 11.7. The van der Waals surface area contributed by atoms with E-state index in [9.17, 15) is 0 Å². The normalized spacial score (nSPS) is 23.0. The van der Waals surface area contributed by atoms with Crippen LogP contribution in [0, 0.1) is 12.3 Å². The molecule has 1 fully saturated rings. The lowest BCUT2D eigenvalue weighted by atomic mass is 9.74. The molecule has 0 bridgehead atoms. The van der Waals surface area contributed by atoms with E-state index >= 15 is 0 Å². The van der Waals surface area contributed by atoms with Crippen LogP contribution in [-0.2, 0) is 4.74 Å². The number of ether oxygens (including phenoxy) is 1. The number of furan rings is 1. The summed E-state index contributed by atoms with van der Waals surface area (Å²) in [5.41, 5.74) is 2.54. The first kappa shape index (κ1) is 21.8. The number of nitrogens with zero attached hydrogens (tertiary/aromatic N) is 2. The first-order valence-electron chi connectivity index (χ1n) is 10.7. The van der Waals surface area contributed by atoms with E-state index in [0.29, 0.717) is 0 Å². The van der Waals surface area contributed by atoms with Gasteiger partial charge in [0.05, 0.1) is 11.9 Å². The van der Waals surface area contributed by atoms with Gasteiger partial charge in [0.1, 0.15) is 5.76 Å². The van der Waals surface area contributed by atoms with Crippen molar-refractivity contribution in [3.63, 3.8) is 0 Å². The summed E-state index contributed by atoms with van der Waals surface area (Å²) in [6, 6.07) is 12.8. The molecule has 1 aromatic heterocycles. The van der Waals surface area contributed by atoms with E-state index in [2.05, 4.69) is 76.3 Å². The average molecular weight is 397 g/mol. The maximum Gasteiger partial charge on any atom is 0.111 e. The average Bonchev–Trinajstić information content (AvgIpc) is 3.15. The number of benzene rings is 1. The quantitative estimate of drug-likeness (QED) is 0.567. The van der Waals surface area contributed by atoms with Crippen LogP contribution in [0.5, 0.6) is 0 Å². The molecule has 0 radical (unpaired) electrons. The van der Waals surface area contributed by atoms with E-state index in [1.54, 1.807) is 6.26 Å². The van der Waals surface area contributed by atoms with Crippen molar-refractivity contribution in [3.05, 3.63) is 59.5 Å². The van der Waals surface area contributed by atoms with E-state index in [1.807, 2.05) is 6.07 Å². The summed E-state index contributed by atoms with van der Waals surface area (Å²) in [7, 11) is 4.28. The molecule has 4 heteroatoms. The Morgan fingerprint density at radius 2 is 1.93 bits per heavy atom. The molecule has 2 atom stereocenters. The third kappa shape index (κ3) is 6.03. The summed E-state index contributed by atoms with van der Waals surface area (Å²) in [5, 5.41) is 0. The van der Waals surface area contributed by atoms with E-state index < -0.39 is 0 Å². The van der Waals surface area contributed by atoms with Gasteiger partial charge in [-0.05, 0) is 71.8 Å². The van der Waals surface area contributed by atoms with Gasteiger partial charge in [0.2, 0.25) is 0 Å². The van der Waals surface area contributed by atoms with Crippen molar-refractivity contribution in [2.45, 2.75) is 51.6 Å². The highest BCUT2D eigenvalue weighted by Crippen LogP contribution is 2.38. The minimum absolute atomic E-state index is 0.0787. The molecule has 0 N–H and O–H groups in total. The Bertz CT molecular complexity index is 778. The number of hydrogen-bond acceptors (Lipinski definition) is 4. The van der Waals surface area contributed by atoms with Crippen LogP contribution < -0.4 is 0 Å². The van der Waals surface area contributed by atoms with Crippen molar-refractivity contribution in [1.82, 2.24) is 4.90 Å². The molecule has 1 aliphatic heterocycles. The van der Waals surface area contributed by atoms with Gasteiger partial charge in [-0.15, -0.1) is 0 Å². The minimum atomic E-state index is -0.0983. The van der Waals surface area contributed by atoms with Gasteiger partial charge in [-0.3, -0.25) is 4.99 Å². The maximum atomic E-state index is 5.97. The highest BCUT2D eigenvalue weighted by atomic mass is 16.5. The summed E-state index contributed by atoms with van der Waals surface area (Å²) in [6.45, 7) is 9.09. The van der Waals surface area contributed by atoms with Gasteiger partial charge in [0.25, 0.3) is 0 Å². The van der Waals surface area contributed by atoms with Gasteiger partial charge < -0.3 is 14.1 Å². The van der Waals surface area contributed by atoms with Gasteiger partial charge >= 0.3 is 0 Å². The molecule has 1 aliphatic rings. The van der Waals surface area contributed by atoms with Gasteiger partial charge in [0.15, 0.2) is 0 Å². The van der Waals surface area contributed by atoms with Crippen molar-refractivity contribution >= 4 is 6.21 Å². The largest absolute Gasteiger partial charge is 0.469 e. The number of aryl methyl sites for hydroxylation is 1. The van der Waals surface area contributed by atoms with E-state index in [0.717, 1.165) is 44.7 Å². The zero-order valence-corrected chi connectivity index (χ0v) is 18.6. The topological polar surface area (TPSA) is 38.0 Å². The molecular weight excluding hydrogens is 360 g/mol. The fraction of sp³-hybridized carbons (Fsp3) is 0.560. The molecule has 4 nitrogen and oxygen atoms in total. The van der Waals surface area contributed by atoms with Gasteiger partial charge in [0, 0.05) is 37.2 Å². The summed E-state index contributed by atoms with van der Waals surface area (Å²) in [5.74, 6) is 1.25. The van der Waals surface area contributed by atoms with E-state index in [1.165, 1.54) is 11.1 Å². The van der Waals surface area contributed by atoms with Crippen LogP contribution >= 0.6 is 0 Å². The first-order chi connectivity index (χ1) is 13.8. The molecule has 1 aromatic carbocycles. The molecule has 0 spiro atoms. The Morgan fingerprint density at radius 1 is 1.17 bits per heavy atom. The predicted molar refractivity (Wildman–Crippen MR) is 120 cm³/mol. The highest BCUT2D eigenvalue weighted by Gasteiger charge is 2.40. The molecule has 2 unspecified atom stereocenters. The van der Waals surface area contributed by atoms with Crippen LogP contribution in [0.2, 0.25) is 0 Å². The predicted octanol–water partition coefficient (Wildman–Crippen LogP) is 5.32. The van der Waals surface area contributed by atoms with Crippen molar-refractivity contribution in [1.29, 1.82) is 0 Å². The number of hydrogen-bond donors (Lipinski definition) is 0. The standard InChI is InChI=1S/C25H36N2O2/c1-20-8-10-21(11-9-20)22(23-7-6-15-28-23)12-14-26-18-25(19-27(4)5)13-16-29-24(2,3)17-25/h6-11,15,18,22H,12-14,16-17,19H2,1-5H3. The second-order valence-corrected chi connectivity index (χ2v) is 9.44. The lowest BCUT2D eigenvalue weighted by Crippen LogP contribution is -2.47. The second-order valence-electron chi connectivity index (χ2n) is 9.44. The van der Waals surface area contributed by atoms with E-state index in [4.69, 9.17) is 14.1 Å². The van der Waals surface area contributed by atoms with Crippen LogP contribution in [-0.4, -0.2) is 50.5 Å². The molecule has 3 rings (SSSR count). The lowest BCUT2D eigenvalue weighted by Gasteiger charge is -2.44. The van der Waals surface area contributed by atoms with Crippen LogP contribution in [0.3, 0.4) is 0 Å². The Hall–Kier alpha value is -1.91. The van der Waals surface area contributed by atoms with Gasteiger partial charge in [-0.25, -0.2) is 0 Å². The van der Waals surface area contributed by atoms with E-state index in [-0.39, 0.29) is 16.9 Å². The smallest absolute Gasteiger partial charge is 0.111 e. The number of rotatable bonds is 8. The SMILES string of the molecule is Cc1ccc(C(CCN=CC2(CN(C)C)CCOC(C)(C)C2)c2ccco2)cc1. The van der Waals surface area contributed by atoms with Gasteiger partial charge in [-0.2, -0.15) is 0 Å². The van der Waals surface area contributed by atoms with Gasteiger partial charge in [-0.1, -0.05) is 29.8 Å². The fourth-order valence-electron chi connectivity index (χ4n) is 4.66. The van der Waals surface area contributed by atoms with Crippen molar-refractivity contribution in [3.8, 4) is 0 Å². The fourth-order valence-corrected chi connectivity index (χ4v) is 4.66. The maximum absolute atomic E-state index is 5.97. The molecular formula is C25H36N2O2. The summed E-state index contributed by atoms with van der Waals surface area (Å²) >= 11 is 0. The van der Waals surface area contributed by atoms with Crippen LogP contribution in [0.1, 0.15) is 55.9 Å². The first-order valence-corrected chi connectivity index (χ1v) is 10.7. The number of aliphatic imine (C=N–C) groups is 1. The third-order valence-corrected chi connectivity index (χ3v) is 5.78.